The van der Waals surface area contributed by atoms with Crippen molar-refractivity contribution < 1.29 is 14.3 Å². The van der Waals surface area contributed by atoms with E-state index >= 15 is 0 Å². The Labute approximate surface area is 112 Å². The second kappa shape index (κ2) is 7.06. The Balaban J connectivity index is 1.80. The van der Waals surface area contributed by atoms with Gasteiger partial charge in [-0.3, -0.25) is 4.79 Å². The van der Waals surface area contributed by atoms with Crippen LogP contribution in [0.4, 0.5) is 5.69 Å². The number of hydrogen-bond acceptors (Lipinski definition) is 5. The second-order valence-electron chi connectivity index (χ2n) is 4.30. The zero-order valence-corrected chi connectivity index (χ0v) is 11.0. The van der Waals surface area contributed by atoms with Crippen LogP contribution >= 0.6 is 0 Å². The van der Waals surface area contributed by atoms with Gasteiger partial charge in [0.25, 0.3) is 0 Å². The Hall–Kier alpha value is -1.66. The van der Waals surface area contributed by atoms with Gasteiger partial charge in [-0.1, -0.05) is 0 Å². The maximum Gasteiger partial charge on any atom is 0.226 e. The number of amides is 1. The third-order valence-electron chi connectivity index (χ3n) is 2.74. The molecule has 0 aliphatic carbocycles. The first kappa shape index (κ1) is 13.8. The van der Waals surface area contributed by atoms with Crippen LogP contribution in [0.1, 0.15) is 13.3 Å². The van der Waals surface area contributed by atoms with E-state index in [1.54, 1.807) is 18.3 Å². The first-order valence-corrected chi connectivity index (χ1v) is 6.47. The molecule has 1 unspecified atom stereocenters. The van der Waals surface area contributed by atoms with Gasteiger partial charge in [-0.25, -0.2) is 4.98 Å². The summed E-state index contributed by atoms with van der Waals surface area (Å²) in [5.74, 6) is 0.511. The van der Waals surface area contributed by atoms with Gasteiger partial charge in [0.2, 0.25) is 11.8 Å². The molecule has 2 heterocycles. The third kappa shape index (κ3) is 4.50. The van der Waals surface area contributed by atoms with Gasteiger partial charge in [0, 0.05) is 25.1 Å². The highest BCUT2D eigenvalue weighted by Gasteiger charge is 2.16. The van der Waals surface area contributed by atoms with Crippen LogP contribution < -0.4 is 15.4 Å². The maximum atomic E-state index is 11.8. The highest BCUT2D eigenvalue weighted by molar-refractivity contribution is 5.90. The lowest BCUT2D eigenvalue weighted by Gasteiger charge is -2.23. The van der Waals surface area contributed by atoms with E-state index in [-0.39, 0.29) is 11.9 Å². The number of carbonyl (C=O) groups is 1. The van der Waals surface area contributed by atoms with Gasteiger partial charge in [-0.05, 0) is 13.0 Å². The Morgan fingerprint density at radius 1 is 1.63 bits per heavy atom. The summed E-state index contributed by atoms with van der Waals surface area (Å²) < 4.78 is 10.5. The third-order valence-corrected chi connectivity index (χ3v) is 2.74. The number of pyridine rings is 1. The average Bonchev–Trinajstić information content (AvgIpc) is 2.42. The quantitative estimate of drug-likeness (QED) is 0.824. The summed E-state index contributed by atoms with van der Waals surface area (Å²) >= 11 is 0. The van der Waals surface area contributed by atoms with Crippen molar-refractivity contribution in [2.24, 2.45) is 0 Å². The zero-order chi connectivity index (χ0) is 13.5. The average molecular weight is 265 g/mol. The van der Waals surface area contributed by atoms with E-state index in [0.29, 0.717) is 37.8 Å². The molecule has 1 aliphatic heterocycles. The molecule has 1 aliphatic rings. The second-order valence-corrected chi connectivity index (χ2v) is 4.30. The van der Waals surface area contributed by atoms with Crippen LogP contribution in [0.3, 0.4) is 0 Å². The van der Waals surface area contributed by atoms with Gasteiger partial charge in [0.05, 0.1) is 31.7 Å². The Morgan fingerprint density at radius 3 is 3.16 bits per heavy atom. The monoisotopic (exact) mass is 265 g/mol. The molecule has 1 saturated heterocycles. The standard InChI is InChI=1S/C13H19N3O3/c1-2-19-13-4-3-10(8-15-13)16-12(17)7-11-9-18-6-5-14-11/h3-4,8,11,14H,2,5-7,9H2,1H3,(H,16,17). The minimum absolute atomic E-state index is 0.0473. The molecule has 0 bridgehead atoms. The van der Waals surface area contributed by atoms with Crippen LogP contribution in [-0.4, -0.2) is 43.3 Å². The van der Waals surface area contributed by atoms with Crippen LogP contribution in [-0.2, 0) is 9.53 Å². The number of carbonyl (C=O) groups excluding carboxylic acids is 1. The van der Waals surface area contributed by atoms with E-state index in [2.05, 4.69) is 15.6 Å². The first-order chi connectivity index (χ1) is 9.28. The molecule has 104 valence electrons. The minimum atomic E-state index is -0.0473. The summed E-state index contributed by atoms with van der Waals surface area (Å²) in [6.07, 6.45) is 1.99. The minimum Gasteiger partial charge on any atom is -0.478 e. The number of nitrogens with one attached hydrogen (secondary N) is 2. The largest absolute Gasteiger partial charge is 0.478 e. The van der Waals surface area contributed by atoms with E-state index < -0.39 is 0 Å². The van der Waals surface area contributed by atoms with Crippen molar-refractivity contribution in [3.8, 4) is 5.88 Å². The van der Waals surface area contributed by atoms with Gasteiger partial charge < -0.3 is 20.1 Å². The van der Waals surface area contributed by atoms with Gasteiger partial charge in [-0.2, -0.15) is 0 Å². The van der Waals surface area contributed by atoms with Crippen molar-refractivity contribution in [2.45, 2.75) is 19.4 Å². The Morgan fingerprint density at radius 2 is 2.53 bits per heavy atom. The van der Waals surface area contributed by atoms with E-state index in [0.717, 1.165) is 6.54 Å². The van der Waals surface area contributed by atoms with E-state index in [9.17, 15) is 4.79 Å². The molecule has 1 atom stereocenters. The fourth-order valence-electron chi connectivity index (χ4n) is 1.87. The first-order valence-electron chi connectivity index (χ1n) is 6.47. The van der Waals surface area contributed by atoms with Gasteiger partial charge in [0.15, 0.2) is 0 Å². The predicted molar refractivity (Wildman–Crippen MR) is 71.3 cm³/mol. The molecule has 1 aromatic rings. The van der Waals surface area contributed by atoms with E-state index in [4.69, 9.17) is 9.47 Å². The molecule has 6 nitrogen and oxygen atoms in total. The summed E-state index contributed by atoms with van der Waals surface area (Å²) in [5.41, 5.74) is 0.671. The van der Waals surface area contributed by atoms with Crippen LogP contribution in [0.25, 0.3) is 0 Å². The van der Waals surface area contributed by atoms with Gasteiger partial charge >= 0.3 is 0 Å². The number of rotatable bonds is 5. The molecule has 1 aromatic heterocycles. The number of anilines is 1. The van der Waals surface area contributed by atoms with Crippen molar-refractivity contribution in [3.05, 3.63) is 18.3 Å². The lowest BCUT2D eigenvalue weighted by molar-refractivity contribution is -0.117. The fourth-order valence-corrected chi connectivity index (χ4v) is 1.87. The van der Waals surface area contributed by atoms with Crippen molar-refractivity contribution in [1.82, 2.24) is 10.3 Å². The molecule has 0 spiro atoms. The molecule has 1 fully saturated rings. The van der Waals surface area contributed by atoms with Crippen molar-refractivity contribution in [1.29, 1.82) is 0 Å². The van der Waals surface area contributed by atoms with Gasteiger partial charge in [-0.15, -0.1) is 0 Å². The Bertz CT molecular complexity index is 402. The van der Waals surface area contributed by atoms with Crippen LogP contribution in [0.15, 0.2) is 18.3 Å². The topological polar surface area (TPSA) is 72.5 Å². The molecule has 2 N–H and O–H groups in total. The molecule has 0 aromatic carbocycles. The molecular weight excluding hydrogens is 246 g/mol. The molecule has 6 heteroatoms. The number of hydrogen-bond donors (Lipinski definition) is 2. The normalized spacial score (nSPS) is 18.9. The lowest BCUT2D eigenvalue weighted by Crippen LogP contribution is -2.43. The van der Waals surface area contributed by atoms with Gasteiger partial charge in [0.1, 0.15) is 0 Å². The summed E-state index contributed by atoms with van der Waals surface area (Å²) in [6, 6.07) is 3.60. The van der Waals surface area contributed by atoms with Crippen molar-refractivity contribution in [2.75, 3.05) is 31.7 Å². The van der Waals surface area contributed by atoms with E-state index in [1.807, 2.05) is 6.92 Å². The smallest absolute Gasteiger partial charge is 0.226 e. The molecule has 19 heavy (non-hydrogen) atoms. The highest BCUT2D eigenvalue weighted by atomic mass is 16.5. The predicted octanol–water partition coefficient (Wildman–Crippen LogP) is 0.797. The summed E-state index contributed by atoms with van der Waals surface area (Å²) in [7, 11) is 0. The molecule has 0 saturated carbocycles. The van der Waals surface area contributed by atoms with Crippen molar-refractivity contribution in [3.63, 3.8) is 0 Å². The van der Waals surface area contributed by atoms with Crippen LogP contribution in [0.5, 0.6) is 5.88 Å². The SMILES string of the molecule is CCOc1ccc(NC(=O)CC2COCCN2)cn1. The molecule has 2 rings (SSSR count). The molecular formula is C13H19N3O3. The lowest BCUT2D eigenvalue weighted by atomic mass is 10.2. The van der Waals surface area contributed by atoms with Crippen LogP contribution in [0.2, 0.25) is 0 Å². The summed E-state index contributed by atoms with van der Waals surface area (Å²) in [6.45, 7) is 4.56. The summed E-state index contributed by atoms with van der Waals surface area (Å²) in [4.78, 5) is 15.9. The highest BCUT2D eigenvalue weighted by Crippen LogP contribution is 2.12. The fraction of sp³-hybridized carbons (Fsp3) is 0.538. The molecule has 1 amide bonds. The number of aromatic nitrogens is 1. The number of morpholine rings is 1. The summed E-state index contributed by atoms with van der Waals surface area (Å²) in [5, 5.41) is 6.05. The van der Waals surface area contributed by atoms with Crippen molar-refractivity contribution >= 4 is 11.6 Å². The number of nitrogens with zero attached hydrogens (tertiary/aromatic N) is 1. The maximum absolute atomic E-state index is 11.8. The Kier molecular flexibility index (Phi) is 5.11. The van der Waals surface area contributed by atoms with Crippen LogP contribution in [0, 0.1) is 0 Å². The van der Waals surface area contributed by atoms with E-state index in [1.165, 1.54) is 0 Å². The molecule has 0 radical (unpaired) electrons. The zero-order valence-electron chi connectivity index (χ0n) is 11.0. The number of ether oxygens (including phenoxy) is 2.